The Kier molecular flexibility index (Phi) is 5.38. The number of rotatable bonds is 5. The van der Waals surface area contributed by atoms with Crippen LogP contribution in [0.5, 0.6) is 0 Å². The molecule has 0 aliphatic heterocycles. The van der Waals surface area contributed by atoms with Crippen molar-refractivity contribution in [3.63, 3.8) is 0 Å². The van der Waals surface area contributed by atoms with E-state index in [9.17, 15) is 13.2 Å². The largest absolute Gasteiger partial charge is 0.288 e. The fourth-order valence-electron chi connectivity index (χ4n) is 2.45. The second kappa shape index (κ2) is 7.12. The van der Waals surface area contributed by atoms with Crippen LogP contribution in [0.3, 0.4) is 0 Å². The number of hydroxylamine groups is 1. The van der Waals surface area contributed by atoms with Gasteiger partial charge in [0.1, 0.15) is 0 Å². The molecule has 0 radical (unpaired) electrons. The monoisotopic (exact) mass is 348 g/mol. The van der Waals surface area contributed by atoms with Gasteiger partial charge in [-0.05, 0) is 50.1 Å². The van der Waals surface area contributed by atoms with Crippen LogP contribution < -0.4 is 10.2 Å². The summed E-state index contributed by atoms with van der Waals surface area (Å²) in [6, 6.07) is 11.0. The minimum absolute atomic E-state index is 0.247. The molecule has 0 saturated heterocycles. The van der Waals surface area contributed by atoms with Crippen molar-refractivity contribution in [1.82, 2.24) is 10.2 Å². The van der Waals surface area contributed by atoms with E-state index in [4.69, 9.17) is 5.21 Å². The van der Waals surface area contributed by atoms with Crippen LogP contribution in [0.25, 0.3) is 0 Å². The SMILES string of the molecule is Cc1ccc(S(=O)(=O)NC(C)c2ccc(C(=O)NO)cc2)c(C)c1. The van der Waals surface area contributed by atoms with Crippen LogP contribution in [0.4, 0.5) is 0 Å². The van der Waals surface area contributed by atoms with E-state index in [0.717, 1.165) is 5.56 Å². The molecule has 0 aliphatic rings. The first-order valence-corrected chi connectivity index (χ1v) is 8.87. The Morgan fingerprint density at radius 3 is 2.25 bits per heavy atom. The third-order valence-corrected chi connectivity index (χ3v) is 5.43. The molecule has 0 aromatic heterocycles. The van der Waals surface area contributed by atoms with E-state index in [1.165, 1.54) is 12.1 Å². The van der Waals surface area contributed by atoms with Gasteiger partial charge in [-0.1, -0.05) is 29.8 Å². The zero-order valence-corrected chi connectivity index (χ0v) is 14.5. The van der Waals surface area contributed by atoms with E-state index in [2.05, 4.69) is 4.72 Å². The maximum atomic E-state index is 12.6. The summed E-state index contributed by atoms with van der Waals surface area (Å²) >= 11 is 0. The molecule has 0 heterocycles. The number of aryl methyl sites for hydroxylation is 2. The molecular formula is C17H20N2O4S. The summed E-state index contributed by atoms with van der Waals surface area (Å²) in [5.74, 6) is -0.620. The van der Waals surface area contributed by atoms with Gasteiger partial charge < -0.3 is 0 Å². The Bertz CT molecular complexity index is 845. The van der Waals surface area contributed by atoms with Gasteiger partial charge in [0.05, 0.1) is 4.90 Å². The average molecular weight is 348 g/mol. The summed E-state index contributed by atoms with van der Waals surface area (Å²) in [5.41, 5.74) is 4.22. The highest BCUT2D eigenvalue weighted by atomic mass is 32.2. The molecular weight excluding hydrogens is 328 g/mol. The second-order valence-corrected chi connectivity index (χ2v) is 7.36. The van der Waals surface area contributed by atoms with E-state index >= 15 is 0 Å². The number of carbonyl (C=O) groups is 1. The van der Waals surface area contributed by atoms with Crippen molar-refractivity contribution in [2.45, 2.75) is 31.7 Å². The molecule has 7 heteroatoms. The van der Waals surface area contributed by atoms with E-state index in [-0.39, 0.29) is 10.5 Å². The number of carbonyl (C=O) groups excluding carboxylic acids is 1. The third kappa shape index (κ3) is 4.00. The molecule has 0 saturated carbocycles. The molecule has 2 aromatic rings. The molecule has 1 amide bonds. The van der Waals surface area contributed by atoms with Gasteiger partial charge in [-0.25, -0.2) is 18.6 Å². The Labute approximate surface area is 141 Å². The van der Waals surface area contributed by atoms with Gasteiger partial charge in [0.2, 0.25) is 10.0 Å². The molecule has 128 valence electrons. The Morgan fingerprint density at radius 2 is 1.71 bits per heavy atom. The number of amides is 1. The lowest BCUT2D eigenvalue weighted by atomic mass is 10.1. The standard InChI is InChI=1S/C17H20N2O4S/c1-11-4-9-16(12(2)10-11)24(22,23)19-13(3)14-5-7-15(8-6-14)17(20)18-21/h4-10,13,19,21H,1-3H3,(H,18,20). The summed E-state index contributed by atoms with van der Waals surface area (Å²) in [5, 5.41) is 8.60. The molecule has 0 fully saturated rings. The molecule has 3 N–H and O–H groups in total. The number of hydrogen-bond acceptors (Lipinski definition) is 4. The fourth-order valence-corrected chi connectivity index (χ4v) is 3.91. The minimum atomic E-state index is -3.66. The molecule has 0 aliphatic carbocycles. The van der Waals surface area contributed by atoms with Gasteiger partial charge in [-0.2, -0.15) is 0 Å². The van der Waals surface area contributed by atoms with Crippen LogP contribution in [-0.4, -0.2) is 19.5 Å². The first kappa shape index (κ1) is 18.1. The van der Waals surface area contributed by atoms with Crippen LogP contribution in [0.1, 0.15) is 40.0 Å². The quantitative estimate of drug-likeness (QED) is 0.571. The van der Waals surface area contributed by atoms with Crippen molar-refractivity contribution < 1.29 is 18.4 Å². The molecule has 1 atom stereocenters. The summed E-state index contributed by atoms with van der Waals surface area (Å²) in [7, 11) is -3.66. The highest BCUT2D eigenvalue weighted by Crippen LogP contribution is 2.20. The highest BCUT2D eigenvalue weighted by molar-refractivity contribution is 7.89. The smallest absolute Gasteiger partial charge is 0.274 e. The van der Waals surface area contributed by atoms with Crippen molar-refractivity contribution in [2.24, 2.45) is 0 Å². The third-order valence-electron chi connectivity index (χ3n) is 3.73. The summed E-state index contributed by atoms with van der Waals surface area (Å²) in [6.07, 6.45) is 0. The number of hydrogen-bond donors (Lipinski definition) is 3. The van der Waals surface area contributed by atoms with E-state index in [1.807, 2.05) is 13.0 Å². The van der Waals surface area contributed by atoms with Crippen LogP contribution in [-0.2, 0) is 10.0 Å². The maximum Gasteiger partial charge on any atom is 0.274 e. The molecule has 0 spiro atoms. The van der Waals surface area contributed by atoms with Gasteiger partial charge in [0, 0.05) is 11.6 Å². The number of nitrogens with one attached hydrogen (secondary N) is 2. The van der Waals surface area contributed by atoms with Crippen molar-refractivity contribution >= 4 is 15.9 Å². The van der Waals surface area contributed by atoms with Crippen molar-refractivity contribution in [3.8, 4) is 0 Å². The lowest BCUT2D eigenvalue weighted by Crippen LogP contribution is -2.27. The van der Waals surface area contributed by atoms with E-state index in [1.54, 1.807) is 43.6 Å². The zero-order chi connectivity index (χ0) is 17.9. The van der Waals surface area contributed by atoms with Crippen molar-refractivity contribution in [3.05, 3.63) is 64.7 Å². The molecule has 2 aromatic carbocycles. The van der Waals surface area contributed by atoms with Crippen LogP contribution >= 0.6 is 0 Å². The van der Waals surface area contributed by atoms with Gasteiger partial charge in [-0.15, -0.1) is 0 Å². The topological polar surface area (TPSA) is 95.5 Å². The van der Waals surface area contributed by atoms with Crippen LogP contribution in [0, 0.1) is 13.8 Å². The number of benzene rings is 2. The summed E-state index contributed by atoms with van der Waals surface area (Å²) < 4.78 is 27.8. The maximum absolute atomic E-state index is 12.6. The number of sulfonamides is 1. The Morgan fingerprint density at radius 1 is 1.08 bits per heavy atom. The van der Waals surface area contributed by atoms with Gasteiger partial charge >= 0.3 is 0 Å². The highest BCUT2D eigenvalue weighted by Gasteiger charge is 2.20. The Hall–Kier alpha value is -2.22. The summed E-state index contributed by atoms with van der Waals surface area (Å²) in [6.45, 7) is 5.39. The lowest BCUT2D eigenvalue weighted by molar-refractivity contribution is 0.0706. The van der Waals surface area contributed by atoms with E-state index in [0.29, 0.717) is 11.1 Å². The van der Waals surface area contributed by atoms with Gasteiger partial charge in [-0.3, -0.25) is 10.0 Å². The first-order valence-electron chi connectivity index (χ1n) is 7.38. The zero-order valence-electron chi connectivity index (χ0n) is 13.7. The molecule has 0 bridgehead atoms. The van der Waals surface area contributed by atoms with Crippen molar-refractivity contribution in [1.29, 1.82) is 0 Å². The van der Waals surface area contributed by atoms with E-state index < -0.39 is 22.0 Å². The summed E-state index contributed by atoms with van der Waals surface area (Å²) in [4.78, 5) is 11.5. The average Bonchev–Trinajstić information content (AvgIpc) is 2.53. The first-order chi connectivity index (χ1) is 11.2. The van der Waals surface area contributed by atoms with Crippen LogP contribution in [0.2, 0.25) is 0 Å². The minimum Gasteiger partial charge on any atom is -0.288 e. The predicted octanol–water partition coefficient (Wildman–Crippen LogP) is 2.46. The molecule has 24 heavy (non-hydrogen) atoms. The lowest BCUT2D eigenvalue weighted by Gasteiger charge is -2.16. The molecule has 2 rings (SSSR count). The fraction of sp³-hybridized carbons (Fsp3) is 0.235. The normalized spacial score (nSPS) is 12.7. The van der Waals surface area contributed by atoms with Crippen molar-refractivity contribution in [2.75, 3.05) is 0 Å². The molecule has 6 nitrogen and oxygen atoms in total. The molecule has 1 unspecified atom stereocenters. The second-order valence-electron chi connectivity index (χ2n) is 5.67. The van der Waals surface area contributed by atoms with Gasteiger partial charge in [0.25, 0.3) is 5.91 Å². The van der Waals surface area contributed by atoms with Gasteiger partial charge in [0.15, 0.2) is 0 Å². The van der Waals surface area contributed by atoms with Crippen LogP contribution in [0.15, 0.2) is 47.4 Å². The predicted molar refractivity (Wildman–Crippen MR) is 90.3 cm³/mol. The Balaban J connectivity index is 2.21.